The molecule has 0 aromatic heterocycles. The van der Waals surface area contributed by atoms with Crippen LogP contribution in [0.3, 0.4) is 0 Å². The monoisotopic (exact) mass is 332 g/mol. The average molecular weight is 333 g/mol. The second-order valence-electron chi connectivity index (χ2n) is 3.42. The minimum Gasteiger partial charge on any atom is -0.467 e. The lowest BCUT2D eigenvalue weighted by atomic mass is 10.1. The number of rotatable bonds is 4. The molecule has 0 saturated heterocycles. The third kappa shape index (κ3) is 3.62. The first-order valence-corrected chi connectivity index (χ1v) is 6.70. The highest BCUT2D eigenvalue weighted by molar-refractivity contribution is 7.87. The van der Waals surface area contributed by atoms with Crippen LogP contribution in [0.15, 0.2) is 24.3 Å². The molecule has 0 aliphatic rings. The Morgan fingerprint density at radius 2 is 1.85 bits per heavy atom. The van der Waals surface area contributed by atoms with Crippen LogP contribution < -0.4 is 0 Å². The molecule has 10 heteroatoms. The predicted molar refractivity (Wildman–Crippen MR) is 62.3 cm³/mol. The lowest BCUT2D eigenvalue weighted by molar-refractivity contribution is -0.149. The molecule has 0 N–H and O–H groups in total. The van der Waals surface area contributed by atoms with Crippen LogP contribution in [0, 0.1) is 0 Å². The maximum Gasteiger partial charge on any atom is 0.523 e. The Morgan fingerprint density at radius 3 is 2.30 bits per heavy atom. The van der Waals surface area contributed by atoms with Crippen molar-refractivity contribution in [3.63, 3.8) is 0 Å². The smallest absolute Gasteiger partial charge is 0.467 e. The maximum atomic E-state index is 12.3. The van der Waals surface area contributed by atoms with E-state index in [0.717, 1.165) is 13.2 Å². The quantitative estimate of drug-likeness (QED) is 0.481. The van der Waals surface area contributed by atoms with Gasteiger partial charge in [-0.3, -0.25) is 0 Å². The normalized spacial score (nSPS) is 13.8. The summed E-state index contributed by atoms with van der Waals surface area (Å²) in [5.74, 6) is -1.33. The van der Waals surface area contributed by atoms with Gasteiger partial charge in [-0.25, -0.2) is 8.98 Å². The zero-order chi connectivity index (χ0) is 15.6. The van der Waals surface area contributed by atoms with Crippen molar-refractivity contribution in [1.82, 2.24) is 0 Å². The summed E-state index contributed by atoms with van der Waals surface area (Å²) in [4.78, 5) is 11.4. The number of carbonyl (C=O) groups excluding carboxylic acids is 1. The van der Waals surface area contributed by atoms with Crippen molar-refractivity contribution in [1.29, 1.82) is 0 Å². The Labute approximate surface area is 117 Å². The van der Waals surface area contributed by atoms with Gasteiger partial charge < -0.3 is 4.74 Å². The van der Waals surface area contributed by atoms with Gasteiger partial charge in [0.05, 0.1) is 7.11 Å². The predicted octanol–water partition coefficient (Wildman–Crippen LogP) is 2.42. The van der Waals surface area contributed by atoms with Crippen molar-refractivity contribution in [2.45, 2.75) is 11.6 Å². The molecule has 0 spiro atoms. The molecule has 1 aromatic carbocycles. The topological polar surface area (TPSA) is 69.7 Å². The number of hydrogen-bond acceptors (Lipinski definition) is 5. The summed E-state index contributed by atoms with van der Waals surface area (Å²) in [6, 6.07) is 5.20. The average Bonchev–Trinajstić information content (AvgIpc) is 2.34. The standard InChI is InChI=1S/C10H8ClF3O5S/c1-18-9(15)8(6-4-2-3-5-7(6)11)19-20(16,17)10(12,13)14/h2-5,8H,1H3/t8-/m1/s1. The van der Waals surface area contributed by atoms with E-state index >= 15 is 0 Å². The first-order valence-electron chi connectivity index (χ1n) is 4.92. The number of hydrogen-bond donors (Lipinski definition) is 0. The summed E-state index contributed by atoms with van der Waals surface area (Å²) >= 11 is 5.70. The van der Waals surface area contributed by atoms with Crippen LogP contribution in [0.1, 0.15) is 11.7 Å². The molecule has 0 aliphatic carbocycles. The van der Waals surface area contributed by atoms with Crippen molar-refractivity contribution in [3.8, 4) is 0 Å². The number of halogens is 4. The van der Waals surface area contributed by atoms with Crippen LogP contribution in [0.4, 0.5) is 13.2 Å². The van der Waals surface area contributed by atoms with E-state index in [0.29, 0.717) is 0 Å². The maximum absolute atomic E-state index is 12.3. The van der Waals surface area contributed by atoms with E-state index < -0.39 is 27.7 Å². The molecule has 0 amide bonds. The second kappa shape index (κ2) is 5.98. The Kier molecular flexibility index (Phi) is 5.00. The fraction of sp³-hybridized carbons (Fsp3) is 0.300. The molecule has 0 heterocycles. The van der Waals surface area contributed by atoms with Gasteiger partial charge in [0, 0.05) is 10.6 Å². The highest BCUT2D eigenvalue weighted by Gasteiger charge is 2.50. The first-order chi connectivity index (χ1) is 9.10. The minimum atomic E-state index is -5.98. The molecule has 0 aliphatic heterocycles. The van der Waals surface area contributed by atoms with Crippen LogP contribution in [0.25, 0.3) is 0 Å². The lowest BCUT2D eigenvalue weighted by Gasteiger charge is -2.17. The molecule has 0 bridgehead atoms. The molecule has 0 radical (unpaired) electrons. The van der Waals surface area contributed by atoms with E-state index in [-0.39, 0.29) is 10.6 Å². The van der Waals surface area contributed by atoms with Crippen LogP contribution in [-0.4, -0.2) is 27.0 Å². The van der Waals surface area contributed by atoms with E-state index in [2.05, 4.69) is 8.92 Å². The van der Waals surface area contributed by atoms with E-state index in [1.807, 2.05) is 0 Å². The van der Waals surface area contributed by atoms with E-state index in [1.54, 1.807) is 0 Å². The summed E-state index contributed by atoms with van der Waals surface area (Å²) in [6.45, 7) is 0. The molecule has 1 atom stereocenters. The van der Waals surface area contributed by atoms with Crippen LogP contribution in [0.5, 0.6) is 0 Å². The van der Waals surface area contributed by atoms with Crippen molar-refractivity contribution in [3.05, 3.63) is 34.9 Å². The zero-order valence-electron chi connectivity index (χ0n) is 9.85. The third-order valence-corrected chi connectivity index (χ3v) is 3.47. The molecular weight excluding hydrogens is 325 g/mol. The van der Waals surface area contributed by atoms with Gasteiger partial charge >= 0.3 is 21.6 Å². The highest BCUT2D eigenvalue weighted by atomic mass is 35.5. The number of alkyl halides is 3. The third-order valence-electron chi connectivity index (χ3n) is 2.11. The van der Waals surface area contributed by atoms with Gasteiger partial charge in [0.25, 0.3) is 0 Å². The van der Waals surface area contributed by atoms with E-state index in [4.69, 9.17) is 11.6 Å². The van der Waals surface area contributed by atoms with Gasteiger partial charge in [-0.05, 0) is 6.07 Å². The molecule has 1 aromatic rings. The van der Waals surface area contributed by atoms with Gasteiger partial charge in [0.15, 0.2) is 0 Å². The van der Waals surface area contributed by atoms with Crippen molar-refractivity contribution < 1.29 is 35.3 Å². The van der Waals surface area contributed by atoms with E-state index in [9.17, 15) is 26.4 Å². The molecule has 0 fully saturated rings. The summed E-state index contributed by atoms with van der Waals surface area (Å²) in [6.07, 6.45) is -2.14. The van der Waals surface area contributed by atoms with Crippen molar-refractivity contribution in [2.24, 2.45) is 0 Å². The van der Waals surface area contributed by atoms with Gasteiger partial charge in [-0.15, -0.1) is 0 Å². The van der Waals surface area contributed by atoms with Crippen molar-refractivity contribution >= 4 is 27.7 Å². The fourth-order valence-electron chi connectivity index (χ4n) is 1.19. The largest absolute Gasteiger partial charge is 0.523 e. The Morgan fingerprint density at radius 1 is 1.30 bits per heavy atom. The van der Waals surface area contributed by atoms with Crippen LogP contribution >= 0.6 is 11.6 Å². The zero-order valence-corrected chi connectivity index (χ0v) is 11.4. The SMILES string of the molecule is COC(=O)[C@H](OS(=O)(=O)C(F)(F)F)c1ccccc1Cl. The molecule has 1 rings (SSSR count). The summed E-state index contributed by atoms with van der Waals surface area (Å²) in [5.41, 5.74) is -5.92. The minimum absolute atomic E-state index is 0.139. The van der Waals surface area contributed by atoms with Crippen LogP contribution in [-0.2, 0) is 23.8 Å². The molecular formula is C10H8ClF3O5S. The summed E-state index contributed by atoms with van der Waals surface area (Å²) in [7, 11) is -5.11. The molecule has 112 valence electrons. The lowest BCUT2D eigenvalue weighted by Crippen LogP contribution is -2.30. The van der Waals surface area contributed by atoms with Gasteiger partial charge in [0.2, 0.25) is 6.10 Å². The molecule has 0 unspecified atom stereocenters. The summed E-state index contributed by atoms with van der Waals surface area (Å²) < 4.78 is 66.9. The molecule has 20 heavy (non-hydrogen) atoms. The Bertz CT molecular complexity index is 599. The molecule has 5 nitrogen and oxygen atoms in total. The second-order valence-corrected chi connectivity index (χ2v) is 5.39. The Hall–Kier alpha value is -1.32. The first kappa shape index (κ1) is 16.7. The number of carbonyl (C=O) groups is 1. The van der Waals surface area contributed by atoms with Crippen LogP contribution in [0.2, 0.25) is 5.02 Å². The number of methoxy groups -OCH3 is 1. The fourth-order valence-corrected chi connectivity index (χ4v) is 1.97. The van der Waals surface area contributed by atoms with Gasteiger partial charge in [-0.1, -0.05) is 29.8 Å². The number of esters is 1. The number of ether oxygens (including phenoxy) is 1. The van der Waals surface area contributed by atoms with Gasteiger partial charge in [0.1, 0.15) is 0 Å². The van der Waals surface area contributed by atoms with Gasteiger partial charge in [-0.2, -0.15) is 21.6 Å². The highest BCUT2D eigenvalue weighted by Crippen LogP contribution is 2.33. The number of benzene rings is 1. The van der Waals surface area contributed by atoms with E-state index in [1.165, 1.54) is 18.2 Å². The summed E-state index contributed by atoms with van der Waals surface area (Å²) in [5, 5.41) is -0.139. The Balaban J connectivity index is 3.24. The van der Waals surface area contributed by atoms with Crippen molar-refractivity contribution in [2.75, 3.05) is 7.11 Å². The molecule has 0 saturated carbocycles.